The van der Waals surface area contributed by atoms with Crippen LogP contribution in [0.3, 0.4) is 0 Å². The molecular weight excluding hydrogens is 272 g/mol. The third-order valence-electron chi connectivity index (χ3n) is 3.54. The third kappa shape index (κ3) is 4.17. The summed E-state index contributed by atoms with van der Waals surface area (Å²) in [5.41, 5.74) is 1.71. The van der Waals surface area contributed by atoms with E-state index in [0.717, 1.165) is 5.56 Å². The van der Waals surface area contributed by atoms with Crippen LogP contribution in [0.4, 0.5) is 5.69 Å². The van der Waals surface area contributed by atoms with Gasteiger partial charge in [-0.25, -0.2) is 0 Å². The summed E-state index contributed by atoms with van der Waals surface area (Å²) in [5, 5.41) is 12.2. The van der Waals surface area contributed by atoms with Gasteiger partial charge in [0.25, 0.3) is 0 Å². The molecule has 1 amide bonds. The van der Waals surface area contributed by atoms with Crippen LogP contribution in [0.5, 0.6) is 5.75 Å². The number of hydrogen-bond donors (Lipinski definition) is 2. The highest BCUT2D eigenvalue weighted by atomic mass is 16.5. The van der Waals surface area contributed by atoms with E-state index in [1.165, 1.54) is 0 Å². The number of anilines is 1. The number of benzene rings is 1. The maximum atomic E-state index is 12.2. The van der Waals surface area contributed by atoms with Crippen LogP contribution < -0.4 is 10.1 Å². The van der Waals surface area contributed by atoms with E-state index in [2.05, 4.69) is 5.32 Å². The van der Waals surface area contributed by atoms with E-state index in [9.17, 15) is 9.90 Å². The molecule has 2 N–H and O–H groups in total. The molecule has 0 spiro atoms. The maximum Gasteiger partial charge on any atom is 0.238 e. The monoisotopic (exact) mass is 294 g/mol. The van der Waals surface area contributed by atoms with E-state index in [-0.39, 0.29) is 25.1 Å². The summed E-state index contributed by atoms with van der Waals surface area (Å²) in [7, 11) is 1.57. The van der Waals surface area contributed by atoms with Gasteiger partial charge in [0.15, 0.2) is 0 Å². The Kier molecular flexibility index (Phi) is 5.55. The average Bonchev–Trinajstić information content (AvgIpc) is 2.48. The zero-order chi connectivity index (χ0) is 15.2. The molecule has 0 aliphatic carbocycles. The molecule has 1 aliphatic rings. The van der Waals surface area contributed by atoms with Crippen molar-refractivity contribution in [1.29, 1.82) is 0 Å². The summed E-state index contributed by atoms with van der Waals surface area (Å²) in [6.07, 6.45) is 0. The normalized spacial score (nSPS) is 19.3. The number of carbonyl (C=O) groups excluding carboxylic acids is 1. The Morgan fingerprint density at radius 2 is 2.38 bits per heavy atom. The van der Waals surface area contributed by atoms with Gasteiger partial charge in [0, 0.05) is 6.54 Å². The SMILES string of the molecule is COc1ccc(C)cc1NC(=O)CN1CCOCC1CO. The van der Waals surface area contributed by atoms with Gasteiger partial charge in [0.2, 0.25) is 5.91 Å². The standard InChI is InChI=1S/C15H22N2O4/c1-11-3-4-14(20-2)13(7-11)16-15(19)8-17-5-6-21-10-12(17)9-18/h3-4,7,12,18H,5-6,8-10H2,1-2H3,(H,16,19). The van der Waals surface area contributed by atoms with E-state index in [1.807, 2.05) is 30.0 Å². The number of nitrogens with zero attached hydrogens (tertiary/aromatic N) is 1. The summed E-state index contributed by atoms with van der Waals surface area (Å²) < 4.78 is 10.5. The van der Waals surface area contributed by atoms with Crippen molar-refractivity contribution in [2.24, 2.45) is 0 Å². The molecule has 1 unspecified atom stereocenters. The number of aliphatic hydroxyl groups excluding tert-OH is 1. The van der Waals surface area contributed by atoms with Gasteiger partial charge in [-0.05, 0) is 24.6 Å². The molecule has 1 saturated heterocycles. The van der Waals surface area contributed by atoms with Crippen molar-refractivity contribution in [3.8, 4) is 5.75 Å². The fourth-order valence-electron chi connectivity index (χ4n) is 2.36. The van der Waals surface area contributed by atoms with E-state index in [1.54, 1.807) is 7.11 Å². The first-order chi connectivity index (χ1) is 10.1. The van der Waals surface area contributed by atoms with Crippen molar-refractivity contribution < 1.29 is 19.4 Å². The summed E-state index contributed by atoms with van der Waals surface area (Å²) in [6.45, 7) is 3.85. The van der Waals surface area contributed by atoms with Crippen molar-refractivity contribution >= 4 is 11.6 Å². The second-order valence-electron chi connectivity index (χ2n) is 5.13. The lowest BCUT2D eigenvalue weighted by Crippen LogP contribution is -2.50. The molecule has 6 heteroatoms. The predicted molar refractivity (Wildman–Crippen MR) is 79.6 cm³/mol. The molecule has 2 rings (SSSR count). The van der Waals surface area contributed by atoms with Crippen LogP contribution in [0.15, 0.2) is 18.2 Å². The molecule has 0 saturated carbocycles. The van der Waals surface area contributed by atoms with Crippen LogP contribution >= 0.6 is 0 Å². The van der Waals surface area contributed by atoms with E-state index >= 15 is 0 Å². The summed E-state index contributed by atoms with van der Waals surface area (Å²) in [6, 6.07) is 5.51. The van der Waals surface area contributed by atoms with Gasteiger partial charge in [-0.3, -0.25) is 9.69 Å². The van der Waals surface area contributed by atoms with Crippen LogP contribution in [-0.2, 0) is 9.53 Å². The van der Waals surface area contributed by atoms with Gasteiger partial charge in [-0.2, -0.15) is 0 Å². The van der Waals surface area contributed by atoms with Gasteiger partial charge in [-0.1, -0.05) is 6.07 Å². The molecule has 1 fully saturated rings. The molecule has 0 radical (unpaired) electrons. The van der Waals surface area contributed by atoms with E-state index in [0.29, 0.717) is 31.2 Å². The number of carbonyl (C=O) groups is 1. The minimum Gasteiger partial charge on any atom is -0.495 e. The van der Waals surface area contributed by atoms with Crippen LogP contribution in [0.25, 0.3) is 0 Å². The van der Waals surface area contributed by atoms with E-state index in [4.69, 9.17) is 9.47 Å². The Labute approximate surface area is 124 Å². The zero-order valence-corrected chi connectivity index (χ0v) is 12.5. The number of ether oxygens (including phenoxy) is 2. The number of aliphatic hydroxyl groups is 1. The molecule has 21 heavy (non-hydrogen) atoms. The van der Waals surface area contributed by atoms with E-state index < -0.39 is 0 Å². The number of morpholine rings is 1. The molecule has 1 heterocycles. The minimum atomic E-state index is -0.126. The highest BCUT2D eigenvalue weighted by Gasteiger charge is 2.24. The van der Waals surface area contributed by atoms with Crippen LogP contribution in [-0.4, -0.2) is 62.0 Å². The average molecular weight is 294 g/mol. The fraction of sp³-hybridized carbons (Fsp3) is 0.533. The molecule has 1 atom stereocenters. The largest absolute Gasteiger partial charge is 0.495 e. The third-order valence-corrected chi connectivity index (χ3v) is 3.54. The van der Waals surface area contributed by atoms with Crippen LogP contribution in [0, 0.1) is 6.92 Å². The second-order valence-corrected chi connectivity index (χ2v) is 5.13. The Morgan fingerprint density at radius 3 is 3.10 bits per heavy atom. The summed E-state index contributed by atoms with van der Waals surface area (Å²) in [4.78, 5) is 14.1. The maximum absolute atomic E-state index is 12.2. The lowest BCUT2D eigenvalue weighted by atomic mass is 10.2. The number of rotatable bonds is 5. The number of aryl methyl sites for hydroxylation is 1. The van der Waals surface area contributed by atoms with Crippen molar-refractivity contribution in [2.45, 2.75) is 13.0 Å². The Balaban J connectivity index is 1.99. The quantitative estimate of drug-likeness (QED) is 0.834. The van der Waals surface area contributed by atoms with Gasteiger partial charge in [0.1, 0.15) is 5.75 Å². The Bertz CT molecular complexity index is 493. The van der Waals surface area contributed by atoms with Crippen molar-refractivity contribution in [2.75, 3.05) is 45.3 Å². The topological polar surface area (TPSA) is 71.0 Å². The second kappa shape index (κ2) is 7.40. The molecule has 0 aromatic heterocycles. The number of amides is 1. The van der Waals surface area contributed by atoms with Gasteiger partial charge in [0.05, 0.1) is 45.2 Å². The molecule has 6 nitrogen and oxygen atoms in total. The first-order valence-electron chi connectivity index (χ1n) is 7.01. The summed E-state index contributed by atoms with van der Waals surface area (Å²) >= 11 is 0. The molecule has 1 aliphatic heterocycles. The molecule has 0 bridgehead atoms. The zero-order valence-electron chi connectivity index (χ0n) is 12.5. The van der Waals surface area contributed by atoms with Crippen LogP contribution in [0.1, 0.15) is 5.56 Å². The first-order valence-corrected chi connectivity index (χ1v) is 7.01. The van der Waals surface area contributed by atoms with Gasteiger partial charge < -0.3 is 19.9 Å². The Morgan fingerprint density at radius 1 is 1.57 bits per heavy atom. The molecule has 116 valence electrons. The Hall–Kier alpha value is -1.63. The highest BCUT2D eigenvalue weighted by Crippen LogP contribution is 2.25. The molecular formula is C15H22N2O4. The van der Waals surface area contributed by atoms with Gasteiger partial charge >= 0.3 is 0 Å². The first kappa shape index (κ1) is 15.8. The fourth-order valence-corrected chi connectivity index (χ4v) is 2.36. The number of methoxy groups -OCH3 is 1. The predicted octanol–water partition coefficient (Wildman–Crippen LogP) is 0.635. The van der Waals surface area contributed by atoms with Crippen LogP contribution in [0.2, 0.25) is 0 Å². The van der Waals surface area contributed by atoms with Gasteiger partial charge in [-0.15, -0.1) is 0 Å². The van der Waals surface area contributed by atoms with Crippen molar-refractivity contribution in [1.82, 2.24) is 4.90 Å². The number of nitrogens with one attached hydrogen (secondary N) is 1. The minimum absolute atomic E-state index is 0.0129. The lowest BCUT2D eigenvalue weighted by molar-refractivity contribution is -0.120. The smallest absolute Gasteiger partial charge is 0.238 e. The number of hydrogen-bond acceptors (Lipinski definition) is 5. The summed E-state index contributed by atoms with van der Waals surface area (Å²) in [5.74, 6) is 0.508. The molecule has 1 aromatic carbocycles. The highest BCUT2D eigenvalue weighted by molar-refractivity contribution is 5.93. The van der Waals surface area contributed by atoms with Crippen molar-refractivity contribution in [3.63, 3.8) is 0 Å². The lowest BCUT2D eigenvalue weighted by Gasteiger charge is -2.33. The van der Waals surface area contributed by atoms with Crippen molar-refractivity contribution in [3.05, 3.63) is 23.8 Å². The molecule has 1 aromatic rings.